The summed E-state index contributed by atoms with van der Waals surface area (Å²) in [5.74, 6) is -2.47. The first kappa shape index (κ1) is 23.3. The Morgan fingerprint density at radius 2 is 1.74 bits per heavy atom. The van der Waals surface area contributed by atoms with Crippen LogP contribution in [0.5, 0.6) is 5.75 Å². The van der Waals surface area contributed by atoms with Crippen LogP contribution in [-0.4, -0.2) is 55.9 Å². The number of carbonyl (C=O) groups excluding carboxylic acids is 2. The summed E-state index contributed by atoms with van der Waals surface area (Å²) in [7, 11) is 0. The van der Waals surface area contributed by atoms with Crippen molar-refractivity contribution in [3.8, 4) is 5.75 Å². The lowest BCUT2D eigenvalue weighted by Gasteiger charge is -2.14. The van der Waals surface area contributed by atoms with E-state index in [1.165, 1.54) is 6.08 Å². The van der Waals surface area contributed by atoms with E-state index < -0.39 is 41.7 Å². The second-order valence-corrected chi connectivity index (χ2v) is 9.02. The Morgan fingerprint density at radius 1 is 1.03 bits per heavy atom. The van der Waals surface area contributed by atoms with E-state index in [1.54, 1.807) is 12.1 Å². The van der Waals surface area contributed by atoms with Crippen molar-refractivity contribution in [2.24, 2.45) is 0 Å². The predicted molar refractivity (Wildman–Crippen MR) is 124 cm³/mol. The number of para-hydroxylation sites is 2. The van der Waals surface area contributed by atoms with Crippen molar-refractivity contribution in [1.82, 2.24) is 9.47 Å². The monoisotopic (exact) mass is 503 g/mol. The molecule has 4 rings (SSSR count). The third kappa shape index (κ3) is 4.22. The molecular weight excluding hydrogens is 486 g/mol. The van der Waals surface area contributed by atoms with Crippen LogP contribution in [0.4, 0.5) is 10.5 Å². The molecule has 0 aliphatic carbocycles. The number of thioether (sulfide) groups is 1. The fraction of sp³-hybridized carbons (Fsp3) is 0.190. The normalized spacial score (nSPS) is 18.6. The Bertz CT molecular complexity index is 1440. The quantitative estimate of drug-likeness (QED) is 0.569. The van der Waals surface area contributed by atoms with E-state index in [9.17, 15) is 29.1 Å². The largest absolute Gasteiger partial charge is 0.480 e. The van der Waals surface area contributed by atoms with Crippen molar-refractivity contribution in [2.45, 2.75) is 13.5 Å². The van der Waals surface area contributed by atoms with Crippen LogP contribution in [0.15, 0.2) is 41.0 Å². The van der Waals surface area contributed by atoms with Gasteiger partial charge in [-0.2, -0.15) is 0 Å². The molecule has 1 aromatic heterocycles. The van der Waals surface area contributed by atoms with E-state index in [-0.39, 0.29) is 14.1 Å². The number of imide groups is 1. The molecule has 13 heteroatoms. The lowest BCUT2D eigenvalue weighted by Crippen LogP contribution is -2.36. The second-order valence-electron chi connectivity index (χ2n) is 7.02. The van der Waals surface area contributed by atoms with Crippen LogP contribution >= 0.6 is 23.1 Å². The summed E-state index contributed by atoms with van der Waals surface area (Å²) >= 11 is 1.30. The minimum atomic E-state index is -1.38. The van der Waals surface area contributed by atoms with E-state index in [4.69, 9.17) is 9.84 Å². The van der Waals surface area contributed by atoms with E-state index in [2.05, 4.69) is 0 Å². The van der Waals surface area contributed by atoms with Crippen molar-refractivity contribution >= 4 is 62.9 Å². The van der Waals surface area contributed by atoms with Gasteiger partial charge in [0.2, 0.25) is 5.88 Å². The topological polar surface area (TPSA) is 146 Å². The number of fused-ring (bicyclic) bond motifs is 1. The summed E-state index contributed by atoms with van der Waals surface area (Å²) in [6.45, 7) is 0.961. The lowest BCUT2D eigenvalue weighted by molar-refractivity contribution is -0.140. The maximum absolute atomic E-state index is 13.0. The Labute approximate surface area is 199 Å². The zero-order valence-electron chi connectivity index (χ0n) is 17.6. The molecule has 1 aromatic carbocycles. The Hall–Kier alpha value is -3.84. The number of anilines is 1. The van der Waals surface area contributed by atoms with E-state index in [1.807, 2.05) is 30.0 Å². The van der Waals surface area contributed by atoms with Gasteiger partial charge >= 0.3 is 11.9 Å². The lowest BCUT2D eigenvalue weighted by atomic mass is 10.3. The Balaban J connectivity index is 1.83. The molecule has 2 aromatic rings. The molecule has 0 spiro atoms. The van der Waals surface area contributed by atoms with Gasteiger partial charge in [0.05, 0.1) is 10.2 Å². The van der Waals surface area contributed by atoms with Gasteiger partial charge in [0.15, 0.2) is 5.75 Å². The molecule has 0 bridgehead atoms. The van der Waals surface area contributed by atoms with Crippen molar-refractivity contribution in [3.63, 3.8) is 0 Å². The second kappa shape index (κ2) is 9.19. The number of carboxylic acid groups (broad SMARTS) is 2. The number of allylic oxidation sites excluding steroid dienone is 1. The molecule has 0 saturated carbocycles. The highest BCUT2D eigenvalue weighted by atomic mass is 32.2. The Kier molecular flexibility index (Phi) is 6.30. The minimum absolute atomic E-state index is 0.0312. The summed E-state index contributed by atoms with van der Waals surface area (Å²) < 4.78 is 6.81. The van der Waals surface area contributed by atoms with Gasteiger partial charge in [0.25, 0.3) is 16.7 Å². The number of hydrogen-bond acceptors (Lipinski definition) is 9. The molecule has 0 atom stereocenters. The summed E-state index contributed by atoms with van der Waals surface area (Å²) in [6.07, 6.45) is 3.03. The summed E-state index contributed by atoms with van der Waals surface area (Å²) in [6, 6.07) is 7.40. The fourth-order valence-electron chi connectivity index (χ4n) is 3.43. The minimum Gasteiger partial charge on any atom is -0.480 e. The molecular formula is C21H17N3O8S2. The number of amides is 2. The van der Waals surface area contributed by atoms with Crippen molar-refractivity contribution in [2.75, 3.05) is 18.0 Å². The molecule has 34 heavy (non-hydrogen) atoms. The standard InChI is InChI=1S/C21H17N3O8S2/c1-2-22-11-5-3-4-6-12(11)32-14(22)8-7-13-18(29)23(9-15(25)26)20(33-13)17-19(30)24(10-16(27)28)21(31)34-17/h3-8H,2,9-10H2,1H3,(H,25,26)(H,27,28)/b13-7-,14-8+,20-17+. The SMILES string of the molecule is CCN1/C(=C\C=c2/s/c(=C3/SC(=O)N(CC(=O)O)C3=O)n(CC(=O)O)c2=O)Oc2ccccc21. The van der Waals surface area contributed by atoms with E-state index in [0.29, 0.717) is 34.8 Å². The van der Waals surface area contributed by atoms with Crippen LogP contribution in [0.25, 0.3) is 11.0 Å². The van der Waals surface area contributed by atoms with Crippen LogP contribution in [0.1, 0.15) is 6.92 Å². The summed E-state index contributed by atoms with van der Waals surface area (Å²) in [4.78, 5) is 62.4. The van der Waals surface area contributed by atoms with Crippen LogP contribution in [0.3, 0.4) is 0 Å². The number of nitrogens with zero attached hydrogens (tertiary/aromatic N) is 3. The van der Waals surface area contributed by atoms with Crippen LogP contribution < -0.4 is 24.4 Å². The number of aliphatic carboxylic acids is 2. The van der Waals surface area contributed by atoms with Gasteiger partial charge in [-0.1, -0.05) is 12.1 Å². The molecule has 11 nitrogen and oxygen atoms in total. The van der Waals surface area contributed by atoms with Gasteiger partial charge in [-0.05, 0) is 36.9 Å². The van der Waals surface area contributed by atoms with E-state index >= 15 is 0 Å². The molecule has 2 N–H and O–H groups in total. The predicted octanol–water partition coefficient (Wildman–Crippen LogP) is 0.423. The first-order chi connectivity index (χ1) is 16.2. The molecule has 0 unspecified atom stereocenters. The molecule has 1 fully saturated rings. The zero-order valence-corrected chi connectivity index (χ0v) is 19.2. The summed E-state index contributed by atoms with van der Waals surface area (Å²) in [5, 5.41) is 17.4. The maximum Gasteiger partial charge on any atom is 0.323 e. The number of carbonyl (C=O) groups is 4. The smallest absolute Gasteiger partial charge is 0.323 e. The van der Waals surface area contributed by atoms with Gasteiger partial charge in [0, 0.05) is 12.6 Å². The average Bonchev–Trinajstić information content (AvgIpc) is 3.39. The number of benzene rings is 1. The highest BCUT2D eigenvalue weighted by molar-refractivity contribution is 8.23. The van der Waals surface area contributed by atoms with Gasteiger partial charge in [0.1, 0.15) is 22.7 Å². The molecule has 2 aliphatic heterocycles. The van der Waals surface area contributed by atoms with Crippen LogP contribution in [-0.2, 0) is 20.9 Å². The zero-order chi connectivity index (χ0) is 24.6. The van der Waals surface area contributed by atoms with Crippen LogP contribution in [0, 0.1) is 0 Å². The number of aromatic nitrogens is 1. The molecule has 2 aliphatic rings. The Morgan fingerprint density at radius 3 is 2.41 bits per heavy atom. The highest BCUT2D eigenvalue weighted by Gasteiger charge is 2.38. The van der Waals surface area contributed by atoms with Gasteiger partial charge in [-0.3, -0.25) is 33.4 Å². The number of ether oxygens (including phenoxy) is 1. The molecule has 176 valence electrons. The molecule has 1 saturated heterocycles. The number of thiazole rings is 1. The van der Waals surface area contributed by atoms with Crippen molar-refractivity contribution in [3.05, 3.63) is 55.8 Å². The number of rotatable bonds is 6. The maximum atomic E-state index is 13.0. The van der Waals surface area contributed by atoms with Crippen LogP contribution in [0.2, 0.25) is 0 Å². The molecule has 3 heterocycles. The fourth-order valence-corrected chi connectivity index (χ4v) is 5.49. The molecule has 2 amide bonds. The number of carboxylic acids is 2. The van der Waals surface area contributed by atoms with Crippen molar-refractivity contribution < 1.29 is 34.1 Å². The third-order valence-electron chi connectivity index (χ3n) is 4.87. The number of hydrogen-bond donors (Lipinski definition) is 2. The average molecular weight is 504 g/mol. The highest BCUT2D eigenvalue weighted by Crippen LogP contribution is 2.38. The summed E-state index contributed by atoms with van der Waals surface area (Å²) in [5.41, 5.74) is 0.197. The van der Waals surface area contributed by atoms with E-state index in [0.717, 1.165) is 21.6 Å². The first-order valence-corrected chi connectivity index (χ1v) is 11.5. The van der Waals surface area contributed by atoms with Gasteiger partial charge < -0.3 is 19.8 Å². The van der Waals surface area contributed by atoms with Crippen molar-refractivity contribution in [1.29, 1.82) is 0 Å². The molecule has 0 radical (unpaired) electrons. The third-order valence-corrected chi connectivity index (χ3v) is 7.11. The first-order valence-electron chi connectivity index (χ1n) is 9.89. The van der Waals surface area contributed by atoms with Gasteiger partial charge in [-0.25, -0.2) is 0 Å². The van der Waals surface area contributed by atoms with Gasteiger partial charge in [-0.15, -0.1) is 11.3 Å².